The zero-order valence-electron chi connectivity index (χ0n) is 22.6. The lowest BCUT2D eigenvalue weighted by Crippen LogP contribution is -2.44. The van der Waals surface area contributed by atoms with Gasteiger partial charge < -0.3 is 14.7 Å². The van der Waals surface area contributed by atoms with Gasteiger partial charge in [0.05, 0.1) is 17.7 Å². The smallest absolute Gasteiger partial charge is 0.416 e. The van der Waals surface area contributed by atoms with E-state index in [1.54, 1.807) is 0 Å². The Morgan fingerprint density at radius 3 is 2.33 bits per heavy atom. The Balaban J connectivity index is 0.00000129. The predicted molar refractivity (Wildman–Crippen MR) is 143 cm³/mol. The minimum atomic E-state index is -4.48. The zero-order valence-corrected chi connectivity index (χ0v) is 23.4. The molecule has 2 aromatic rings. The van der Waals surface area contributed by atoms with Gasteiger partial charge in [-0.25, -0.2) is 13.2 Å². The molecule has 2 heterocycles. The largest absolute Gasteiger partial charge is 0.490 e. The summed E-state index contributed by atoms with van der Waals surface area (Å²) in [6.07, 6.45) is -3.39. The minimum Gasteiger partial charge on any atom is -0.490 e. The number of hydrogen-bond donors (Lipinski definition) is 1. The molecule has 1 N–H and O–H groups in total. The summed E-state index contributed by atoms with van der Waals surface area (Å²) in [5.41, 5.74) is -1.42. The highest BCUT2D eigenvalue weighted by Gasteiger charge is 2.38. The summed E-state index contributed by atoms with van der Waals surface area (Å²) in [6.45, 7) is 0.634. The van der Waals surface area contributed by atoms with Crippen molar-refractivity contribution in [2.45, 2.75) is 62.6 Å². The van der Waals surface area contributed by atoms with Gasteiger partial charge in [0.2, 0.25) is 0 Å². The standard InChI is InChI=1S/C28H29ClF6N2O2.CH2O2/c29-23-11-19(28(33,34)35)4-3-18(23)14-36-9-6-27(32,7-10-36)16-39-25-13-24(31)22(12-21(25)17-1-2-17)26(38)37-8-5-20(30)15-37;2-1-3/h3-4,11-13,17,20H,1-2,5-10,14-16H2;1H,(H,2,3). The van der Waals surface area contributed by atoms with E-state index in [4.69, 9.17) is 26.2 Å². The minimum absolute atomic E-state index is 0.0102. The Labute approximate surface area is 244 Å². The van der Waals surface area contributed by atoms with Crippen LogP contribution in [-0.4, -0.2) is 71.9 Å². The number of alkyl halides is 5. The summed E-state index contributed by atoms with van der Waals surface area (Å²) < 4.78 is 88.6. The van der Waals surface area contributed by atoms with Gasteiger partial charge in [0, 0.05) is 37.3 Å². The second kappa shape index (κ2) is 13.1. The Hall–Kier alpha value is -2.99. The molecule has 1 atom stereocenters. The molecule has 13 heteroatoms. The molecule has 1 saturated carbocycles. The van der Waals surface area contributed by atoms with Gasteiger partial charge in [-0.2, -0.15) is 13.2 Å². The highest BCUT2D eigenvalue weighted by Crippen LogP contribution is 2.46. The van der Waals surface area contributed by atoms with E-state index < -0.39 is 35.3 Å². The van der Waals surface area contributed by atoms with E-state index in [1.807, 2.05) is 4.90 Å². The van der Waals surface area contributed by atoms with Crippen molar-refractivity contribution in [1.82, 2.24) is 9.80 Å². The maximum atomic E-state index is 15.6. The van der Waals surface area contributed by atoms with E-state index >= 15 is 4.39 Å². The average Bonchev–Trinajstić information content (AvgIpc) is 3.69. The fourth-order valence-electron chi connectivity index (χ4n) is 5.20. The van der Waals surface area contributed by atoms with E-state index in [9.17, 15) is 26.7 Å². The fraction of sp³-hybridized carbons (Fsp3) is 0.517. The Morgan fingerprint density at radius 1 is 1.12 bits per heavy atom. The molecule has 2 aromatic carbocycles. The molecule has 1 unspecified atom stereocenters. The summed E-state index contributed by atoms with van der Waals surface area (Å²) >= 11 is 6.07. The van der Waals surface area contributed by atoms with E-state index in [-0.39, 0.29) is 67.7 Å². The first-order valence-electron chi connectivity index (χ1n) is 13.6. The first-order chi connectivity index (χ1) is 19.8. The molecule has 0 bridgehead atoms. The number of rotatable bonds is 7. The average molecular weight is 621 g/mol. The van der Waals surface area contributed by atoms with Gasteiger partial charge in [0.15, 0.2) is 0 Å². The van der Waals surface area contributed by atoms with Crippen LogP contribution >= 0.6 is 11.6 Å². The van der Waals surface area contributed by atoms with Crippen LogP contribution in [0.4, 0.5) is 26.3 Å². The van der Waals surface area contributed by atoms with Crippen LogP contribution in [0, 0.1) is 5.82 Å². The number of hydrogen-bond acceptors (Lipinski definition) is 4. The van der Waals surface area contributed by atoms with E-state index in [0.29, 0.717) is 30.8 Å². The summed E-state index contributed by atoms with van der Waals surface area (Å²) in [4.78, 5) is 24.4. The SMILES string of the molecule is O=C(c1cc(C2CC2)c(OCC2(F)CCN(Cc3ccc(C(F)(F)F)cc3Cl)CC2)cc1F)N1CCC(F)C1.O=CO. The van der Waals surface area contributed by atoms with Crippen LogP contribution in [0.1, 0.15) is 65.1 Å². The molecule has 5 rings (SSSR count). The molecule has 1 amide bonds. The molecule has 1 aliphatic carbocycles. The number of halogens is 7. The highest BCUT2D eigenvalue weighted by molar-refractivity contribution is 6.31. The van der Waals surface area contributed by atoms with Crippen molar-refractivity contribution < 1.29 is 45.8 Å². The molecule has 0 spiro atoms. The van der Waals surface area contributed by atoms with Gasteiger partial charge in [0.1, 0.15) is 30.0 Å². The number of nitrogens with zero attached hydrogens (tertiary/aromatic N) is 2. The number of carbonyl (C=O) groups is 2. The summed E-state index contributed by atoms with van der Waals surface area (Å²) in [7, 11) is 0. The molecular formula is C29H31ClF6N2O4. The van der Waals surface area contributed by atoms with E-state index in [1.165, 1.54) is 17.0 Å². The van der Waals surface area contributed by atoms with Crippen LogP contribution in [0.3, 0.4) is 0 Å². The van der Waals surface area contributed by atoms with Crippen molar-refractivity contribution in [2.75, 3.05) is 32.8 Å². The van der Waals surface area contributed by atoms with Crippen molar-refractivity contribution in [2.24, 2.45) is 0 Å². The van der Waals surface area contributed by atoms with Crippen molar-refractivity contribution >= 4 is 24.0 Å². The topological polar surface area (TPSA) is 70.1 Å². The molecule has 230 valence electrons. The second-order valence-electron chi connectivity index (χ2n) is 10.9. The Morgan fingerprint density at radius 2 is 1.79 bits per heavy atom. The highest BCUT2D eigenvalue weighted by atomic mass is 35.5. The monoisotopic (exact) mass is 620 g/mol. The summed E-state index contributed by atoms with van der Waals surface area (Å²) in [5.74, 6) is -1.01. The number of ether oxygens (including phenoxy) is 1. The lowest BCUT2D eigenvalue weighted by atomic mass is 9.93. The predicted octanol–water partition coefficient (Wildman–Crippen LogP) is 6.64. The molecule has 3 aliphatic rings. The van der Waals surface area contributed by atoms with E-state index in [0.717, 1.165) is 31.0 Å². The number of piperidine rings is 1. The quantitative estimate of drug-likeness (QED) is 0.278. The molecule has 0 radical (unpaired) electrons. The van der Waals surface area contributed by atoms with Gasteiger partial charge in [-0.1, -0.05) is 17.7 Å². The molecule has 2 saturated heterocycles. The third-order valence-corrected chi connectivity index (χ3v) is 8.13. The molecule has 2 aliphatic heterocycles. The van der Waals surface area contributed by atoms with Crippen LogP contribution in [0.25, 0.3) is 0 Å². The maximum Gasteiger partial charge on any atom is 0.416 e. The molecule has 6 nitrogen and oxygen atoms in total. The number of benzene rings is 2. The van der Waals surface area contributed by atoms with Crippen LogP contribution in [0.15, 0.2) is 30.3 Å². The fourth-order valence-corrected chi connectivity index (χ4v) is 5.44. The number of carbonyl (C=O) groups excluding carboxylic acids is 1. The maximum absolute atomic E-state index is 15.6. The Kier molecular flexibility index (Phi) is 9.97. The van der Waals surface area contributed by atoms with Gasteiger partial charge >= 0.3 is 6.18 Å². The molecule has 0 aromatic heterocycles. The van der Waals surface area contributed by atoms with Crippen LogP contribution < -0.4 is 4.74 Å². The lowest BCUT2D eigenvalue weighted by Gasteiger charge is -2.36. The first kappa shape index (κ1) is 31.9. The van der Waals surface area contributed by atoms with Crippen molar-refractivity contribution in [3.8, 4) is 5.75 Å². The van der Waals surface area contributed by atoms with Gasteiger partial charge in [-0.05, 0) is 67.3 Å². The summed E-state index contributed by atoms with van der Waals surface area (Å²) in [5, 5.41) is 6.90. The summed E-state index contributed by atoms with van der Waals surface area (Å²) in [6, 6.07) is 5.82. The van der Waals surface area contributed by atoms with Crippen LogP contribution in [-0.2, 0) is 17.5 Å². The normalized spacial score (nSPS) is 20.5. The first-order valence-corrected chi connectivity index (χ1v) is 14.0. The molecule has 42 heavy (non-hydrogen) atoms. The Bertz CT molecular complexity index is 1280. The third kappa shape index (κ3) is 7.89. The van der Waals surface area contributed by atoms with Gasteiger partial charge in [0.25, 0.3) is 12.4 Å². The second-order valence-corrected chi connectivity index (χ2v) is 11.3. The van der Waals surface area contributed by atoms with Crippen LogP contribution in [0.5, 0.6) is 5.75 Å². The van der Waals surface area contributed by atoms with Gasteiger partial charge in [-0.15, -0.1) is 0 Å². The van der Waals surface area contributed by atoms with Crippen molar-refractivity contribution in [3.05, 3.63) is 63.4 Å². The molecular weight excluding hydrogens is 590 g/mol. The van der Waals surface area contributed by atoms with E-state index in [2.05, 4.69) is 0 Å². The zero-order chi connectivity index (χ0) is 30.7. The van der Waals surface area contributed by atoms with Crippen LogP contribution in [0.2, 0.25) is 5.02 Å². The van der Waals surface area contributed by atoms with Crippen molar-refractivity contribution in [3.63, 3.8) is 0 Å². The third-order valence-electron chi connectivity index (χ3n) is 7.78. The van der Waals surface area contributed by atoms with Crippen molar-refractivity contribution in [1.29, 1.82) is 0 Å². The number of amides is 1. The van der Waals surface area contributed by atoms with Gasteiger partial charge in [-0.3, -0.25) is 14.5 Å². The lowest BCUT2D eigenvalue weighted by molar-refractivity contribution is -0.137. The number of carboxylic acid groups (broad SMARTS) is 1. The number of likely N-dealkylation sites (tertiary alicyclic amines) is 2. The molecule has 3 fully saturated rings.